The molecule has 94 valence electrons. The molecule has 0 bridgehead atoms. The molecule has 2 aliphatic rings. The molecule has 3 heteroatoms. The van der Waals surface area contributed by atoms with Crippen molar-refractivity contribution in [3.8, 4) is 0 Å². The van der Waals surface area contributed by atoms with Crippen molar-refractivity contribution in [3.05, 3.63) is 0 Å². The zero-order chi connectivity index (χ0) is 11.4. The van der Waals surface area contributed by atoms with E-state index in [-0.39, 0.29) is 0 Å². The third-order valence-electron chi connectivity index (χ3n) is 4.50. The Labute approximate surface area is 99.5 Å². The lowest BCUT2D eigenvalue weighted by Gasteiger charge is -2.48. The minimum Gasteiger partial charge on any atom is -0.381 e. The number of hydrogen-bond donors (Lipinski definition) is 1. The minimum absolute atomic E-state index is 0.404. The molecule has 16 heavy (non-hydrogen) atoms. The van der Waals surface area contributed by atoms with Gasteiger partial charge in [0.2, 0.25) is 0 Å². The van der Waals surface area contributed by atoms with Gasteiger partial charge in [-0.15, -0.1) is 0 Å². The summed E-state index contributed by atoms with van der Waals surface area (Å²) in [5, 5.41) is 3.56. The van der Waals surface area contributed by atoms with Gasteiger partial charge in [-0.3, -0.25) is 4.90 Å². The van der Waals surface area contributed by atoms with Crippen LogP contribution in [0.1, 0.15) is 33.1 Å². The van der Waals surface area contributed by atoms with Gasteiger partial charge in [0.25, 0.3) is 0 Å². The van der Waals surface area contributed by atoms with Gasteiger partial charge in [0.1, 0.15) is 0 Å². The maximum atomic E-state index is 5.49. The topological polar surface area (TPSA) is 24.5 Å². The Balaban J connectivity index is 1.97. The molecule has 0 spiro atoms. The molecule has 0 saturated carbocycles. The quantitative estimate of drug-likeness (QED) is 0.786. The van der Waals surface area contributed by atoms with E-state index in [1.165, 1.54) is 32.4 Å². The van der Waals surface area contributed by atoms with Crippen LogP contribution in [0, 0.1) is 5.92 Å². The van der Waals surface area contributed by atoms with E-state index in [1.807, 2.05) is 0 Å². The molecule has 0 radical (unpaired) electrons. The highest BCUT2D eigenvalue weighted by atomic mass is 16.5. The molecular formula is C13H26N2O. The summed E-state index contributed by atoms with van der Waals surface area (Å²) in [6.07, 6.45) is 3.77. The first kappa shape index (κ1) is 12.3. The zero-order valence-electron chi connectivity index (χ0n) is 10.8. The molecule has 1 atom stereocenters. The lowest BCUT2D eigenvalue weighted by atomic mass is 9.87. The van der Waals surface area contributed by atoms with Crippen molar-refractivity contribution in [2.75, 3.05) is 39.4 Å². The van der Waals surface area contributed by atoms with Gasteiger partial charge in [-0.05, 0) is 25.2 Å². The molecule has 2 aliphatic heterocycles. The Kier molecular flexibility index (Phi) is 4.22. The van der Waals surface area contributed by atoms with Gasteiger partial charge in [0.15, 0.2) is 0 Å². The molecule has 0 amide bonds. The van der Waals surface area contributed by atoms with Crippen LogP contribution < -0.4 is 5.32 Å². The summed E-state index contributed by atoms with van der Waals surface area (Å²) in [5.41, 5.74) is 0.404. The van der Waals surface area contributed by atoms with Crippen LogP contribution in [-0.2, 0) is 4.74 Å². The van der Waals surface area contributed by atoms with E-state index < -0.39 is 0 Å². The first-order chi connectivity index (χ1) is 7.80. The summed E-state index contributed by atoms with van der Waals surface area (Å²) < 4.78 is 5.49. The summed E-state index contributed by atoms with van der Waals surface area (Å²) in [4.78, 5) is 2.73. The van der Waals surface area contributed by atoms with E-state index >= 15 is 0 Å². The third kappa shape index (κ3) is 2.41. The van der Waals surface area contributed by atoms with E-state index in [0.717, 1.165) is 32.2 Å². The largest absolute Gasteiger partial charge is 0.381 e. The Hall–Kier alpha value is -0.120. The van der Waals surface area contributed by atoms with Gasteiger partial charge in [0, 0.05) is 38.3 Å². The van der Waals surface area contributed by atoms with Gasteiger partial charge in [-0.2, -0.15) is 0 Å². The molecule has 3 nitrogen and oxygen atoms in total. The molecule has 2 heterocycles. The molecule has 2 saturated heterocycles. The van der Waals surface area contributed by atoms with Gasteiger partial charge >= 0.3 is 0 Å². The summed E-state index contributed by atoms with van der Waals surface area (Å²) in [6.45, 7) is 11.4. The zero-order valence-corrected chi connectivity index (χ0v) is 10.8. The smallest absolute Gasteiger partial charge is 0.0507 e. The normalized spacial score (nSPS) is 30.8. The molecular weight excluding hydrogens is 200 g/mol. The number of hydrogen-bond acceptors (Lipinski definition) is 3. The van der Waals surface area contributed by atoms with Crippen LogP contribution in [0.5, 0.6) is 0 Å². The van der Waals surface area contributed by atoms with Crippen molar-refractivity contribution in [2.24, 2.45) is 5.92 Å². The Bertz CT molecular complexity index is 210. The van der Waals surface area contributed by atoms with Gasteiger partial charge < -0.3 is 10.1 Å². The van der Waals surface area contributed by atoms with Crippen molar-refractivity contribution in [1.29, 1.82) is 0 Å². The molecule has 0 aromatic rings. The predicted molar refractivity (Wildman–Crippen MR) is 66.7 cm³/mol. The molecule has 2 fully saturated rings. The Morgan fingerprint density at radius 1 is 1.38 bits per heavy atom. The maximum Gasteiger partial charge on any atom is 0.0507 e. The van der Waals surface area contributed by atoms with Crippen LogP contribution in [0.2, 0.25) is 0 Å². The molecule has 1 N–H and O–H groups in total. The van der Waals surface area contributed by atoms with E-state index in [1.54, 1.807) is 0 Å². The second kappa shape index (κ2) is 5.48. The van der Waals surface area contributed by atoms with E-state index in [4.69, 9.17) is 4.74 Å². The standard InChI is InChI=1S/C13H26N2O/c1-3-13(4-2)11-14-6-7-15(13)9-12-5-8-16-10-12/h12,14H,3-11H2,1-2H3. The van der Waals surface area contributed by atoms with Gasteiger partial charge in [0.05, 0.1) is 6.61 Å². The highest BCUT2D eigenvalue weighted by Crippen LogP contribution is 2.27. The maximum absolute atomic E-state index is 5.49. The average Bonchev–Trinajstić information content (AvgIpc) is 2.83. The molecule has 2 rings (SSSR count). The lowest BCUT2D eigenvalue weighted by molar-refractivity contribution is 0.0355. The van der Waals surface area contributed by atoms with Crippen LogP contribution in [0.3, 0.4) is 0 Å². The van der Waals surface area contributed by atoms with Crippen molar-refractivity contribution in [3.63, 3.8) is 0 Å². The molecule has 0 aliphatic carbocycles. The Morgan fingerprint density at radius 2 is 2.19 bits per heavy atom. The number of rotatable bonds is 4. The summed E-state index contributed by atoms with van der Waals surface area (Å²) in [6, 6.07) is 0. The fourth-order valence-corrected chi connectivity index (χ4v) is 3.16. The molecule has 0 aromatic heterocycles. The number of nitrogens with zero attached hydrogens (tertiary/aromatic N) is 1. The minimum atomic E-state index is 0.404. The van der Waals surface area contributed by atoms with Crippen LogP contribution in [-0.4, -0.2) is 49.8 Å². The highest BCUT2D eigenvalue weighted by molar-refractivity contribution is 4.95. The second-order valence-electron chi connectivity index (χ2n) is 5.28. The lowest BCUT2D eigenvalue weighted by Crippen LogP contribution is -2.61. The number of piperazine rings is 1. The van der Waals surface area contributed by atoms with Gasteiger partial charge in [-0.1, -0.05) is 13.8 Å². The summed E-state index contributed by atoms with van der Waals surface area (Å²) in [7, 11) is 0. The summed E-state index contributed by atoms with van der Waals surface area (Å²) >= 11 is 0. The Morgan fingerprint density at radius 3 is 2.81 bits per heavy atom. The number of nitrogens with one attached hydrogen (secondary N) is 1. The van der Waals surface area contributed by atoms with E-state index in [9.17, 15) is 0 Å². The monoisotopic (exact) mass is 226 g/mol. The number of ether oxygens (including phenoxy) is 1. The average molecular weight is 226 g/mol. The van der Waals surface area contributed by atoms with Crippen molar-refractivity contribution < 1.29 is 4.74 Å². The SMILES string of the molecule is CCC1(CC)CNCCN1CC1CCOC1. The first-order valence-electron chi connectivity index (χ1n) is 6.84. The second-order valence-corrected chi connectivity index (χ2v) is 5.28. The highest BCUT2D eigenvalue weighted by Gasteiger charge is 2.36. The van der Waals surface area contributed by atoms with Crippen LogP contribution in [0.25, 0.3) is 0 Å². The van der Waals surface area contributed by atoms with Crippen molar-refractivity contribution in [1.82, 2.24) is 10.2 Å². The van der Waals surface area contributed by atoms with Crippen molar-refractivity contribution >= 4 is 0 Å². The first-order valence-corrected chi connectivity index (χ1v) is 6.84. The predicted octanol–water partition coefficient (Wildman–Crippen LogP) is 1.49. The van der Waals surface area contributed by atoms with Crippen LogP contribution >= 0.6 is 0 Å². The molecule has 0 aromatic carbocycles. The summed E-state index contributed by atoms with van der Waals surface area (Å²) in [5.74, 6) is 0.774. The van der Waals surface area contributed by atoms with Crippen LogP contribution in [0.15, 0.2) is 0 Å². The fraction of sp³-hybridized carbons (Fsp3) is 1.00. The van der Waals surface area contributed by atoms with Crippen LogP contribution in [0.4, 0.5) is 0 Å². The third-order valence-corrected chi connectivity index (χ3v) is 4.50. The van der Waals surface area contributed by atoms with Crippen molar-refractivity contribution in [2.45, 2.75) is 38.6 Å². The van der Waals surface area contributed by atoms with E-state index in [2.05, 4.69) is 24.1 Å². The van der Waals surface area contributed by atoms with Gasteiger partial charge in [-0.25, -0.2) is 0 Å². The molecule has 1 unspecified atom stereocenters. The van der Waals surface area contributed by atoms with E-state index in [0.29, 0.717) is 5.54 Å². The fourth-order valence-electron chi connectivity index (χ4n) is 3.16.